The monoisotopic (exact) mass is 399 g/mol. The predicted octanol–water partition coefficient (Wildman–Crippen LogP) is 3.64. The molecule has 3 amide bonds. The number of nitrogens with two attached hydrogens (primary N) is 1. The molecule has 0 radical (unpaired) electrons. The number of para-hydroxylation sites is 1. The Morgan fingerprint density at radius 2 is 2.04 bits per heavy atom. The van der Waals surface area contributed by atoms with Gasteiger partial charge in [-0.2, -0.15) is 0 Å². The highest BCUT2D eigenvalue weighted by atomic mass is 32.1. The Hall–Kier alpha value is -3.20. The number of carbonyl (C=O) groups excluding carboxylic acids is 2. The largest absolute Gasteiger partial charge is 0.489 e. The molecule has 8 nitrogen and oxygen atoms in total. The molecule has 0 saturated carbocycles. The van der Waals surface area contributed by atoms with Gasteiger partial charge in [-0.05, 0) is 51.1 Å². The molecule has 0 bridgehead atoms. The van der Waals surface area contributed by atoms with E-state index in [1.165, 1.54) is 12.1 Å². The Morgan fingerprint density at radius 1 is 1.29 bits per heavy atom. The van der Waals surface area contributed by atoms with Crippen LogP contribution in [0.5, 0.6) is 5.75 Å². The number of aryl methyl sites for hydroxylation is 1. The number of thiol groups is 1. The number of anilines is 2. The second-order valence-electron chi connectivity index (χ2n) is 6.48. The fourth-order valence-electron chi connectivity index (χ4n) is 2.72. The first-order chi connectivity index (χ1) is 13.3. The summed E-state index contributed by atoms with van der Waals surface area (Å²) in [5.41, 5.74) is 7.88. The Morgan fingerprint density at radius 3 is 2.71 bits per heavy atom. The number of imidazole rings is 1. The number of hydrogen-bond acceptors (Lipinski definition) is 5. The highest BCUT2D eigenvalue weighted by Crippen LogP contribution is 2.32. The number of fused-ring (bicyclic) bond motifs is 1. The standard InChI is InChI=1S/C19H21N5O3S/c1-10(2)27-16-8-7-12(18(20)25)9-15(16)24(28)19(26)23-14-6-4-5-13-17(14)22-11(3)21-13/h4-10,28H,1-3H3,(H2,20,25)(H,21,22)(H,23,26). The summed E-state index contributed by atoms with van der Waals surface area (Å²) in [7, 11) is 0. The zero-order valence-electron chi connectivity index (χ0n) is 15.7. The molecule has 2 aromatic carbocycles. The maximum Gasteiger partial charge on any atom is 0.336 e. The molecule has 0 aliphatic carbocycles. The minimum atomic E-state index is -0.615. The SMILES string of the molecule is Cc1nc2c(NC(=O)N(S)c3cc(C(N)=O)ccc3OC(C)C)cccc2[nH]1. The second kappa shape index (κ2) is 7.81. The summed E-state index contributed by atoms with van der Waals surface area (Å²) >= 11 is 4.31. The second-order valence-corrected chi connectivity index (χ2v) is 6.88. The molecule has 0 spiro atoms. The van der Waals surface area contributed by atoms with Crippen LogP contribution in [-0.2, 0) is 0 Å². The minimum Gasteiger partial charge on any atom is -0.489 e. The van der Waals surface area contributed by atoms with Crippen molar-refractivity contribution in [3.8, 4) is 5.75 Å². The van der Waals surface area contributed by atoms with Gasteiger partial charge in [0.1, 0.15) is 17.1 Å². The lowest BCUT2D eigenvalue weighted by Crippen LogP contribution is -2.28. The first kappa shape index (κ1) is 19.6. The molecule has 1 aromatic heterocycles. The number of urea groups is 1. The van der Waals surface area contributed by atoms with Crippen LogP contribution in [0, 0.1) is 6.92 Å². The average molecular weight is 399 g/mol. The van der Waals surface area contributed by atoms with E-state index < -0.39 is 11.9 Å². The highest BCUT2D eigenvalue weighted by molar-refractivity contribution is 7.82. The summed E-state index contributed by atoms with van der Waals surface area (Å²) in [6, 6.07) is 9.47. The minimum absolute atomic E-state index is 0.135. The highest BCUT2D eigenvalue weighted by Gasteiger charge is 2.20. The van der Waals surface area contributed by atoms with E-state index in [1.807, 2.05) is 26.8 Å². The molecule has 9 heteroatoms. The molecule has 3 rings (SSSR count). The van der Waals surface area contributed by atoms with E-state index >= 15 is 0 Å². The fraction of sp³-hybridized carbons (Fsp3) is 0.211. The third kappa shape index (κ3) is 4.04. The van der Waals surface area contributed by atoms with Crippen molar-refractivity contribution in [1.82, 2.24) is 9.97 Å². The third-order valence-electron chi connectivity index (χ3n) is 3.90. The average Bonchev–Trinajstić information content (AvgIpc) is 3.02. The molecule has 28 heavy (non-hydrogen) atoms. The molecule has 0 aliphatic rings. The summed E-state index contributed by atoms with van der Waals surface area (Å²) in [5, 5.41) is 2.78. The fourth-order valence-corrected chi connectivity index (χ4v) is 2.93. The van der Waals surface area contributed by atoms with Crippen molar-refractivity contribution in [3.05, 3.63) is 47.8 Å². The van der Waals surface area contributed by atoms with Gasteiger partial charge in [-0.15, -0.1) is 0 Å². The summed E-state index contributed by atoms with van der Waals surface area (Å²) in [5.74, 6) is 0.524. The number of ether oxygens (including phenoxy) is 1. The summed E-state index contributed by atoms with van der Waals surface area (Å²) in [6.45, 7) is 5.55. The molecule has 0 atom stereocenters. The van der Waals surface area contributed by atoms with Crippen LogP contribution < -0.4 is 20.1 Å². The Kier molecular flexibility index (Phi) is 5.46. The van der Waals surface area contributed by atoms with Crippen LogP contribution in [0.25, 0.3) is 11.0 Å². The van der Waals surface area contributed by atoms with Gasteiger partial charge in [0.25, 0.3) is 0 Å². The molecular formula is C19H21N5O3S. The van der Waals surface area contributed by atoms with E-state index in [9.17, 15) is 9.59 Å². The number of benzene rings is 2. The van der Waals surface area contributed by atoms with Gasteiger partial charge in [0.15, 0.2) is 0 Å². The number of rotatable bonds is 5. The van der Waals surface area contributed by atoms with Gasteiger partial charge in [0, 0.05) is 5.56 Å². The van der Waals surface area contributed by atoms with Crippen LogP contribution in [0.1, 0.15) is 30.0 Å². The number of nitrogens with zero attached hydrogens (tertiary/aromatic N) is 2. The molecule has 4 N–H and O–H groups in total. The first-order valence-electron chi connectivity index (χ1n) is 8.62. The number of primary amides is 1. The molecule has 0 unspecified atom stereocenters. The predicted molar refractivity (Wildman–Crippen MR) is 112 cm³/mol. The maximum absolute atomic E-state index is 12.8. The number of hydrogen-bond donors (Lipinski definition) is 4. The van der Waals surface area contributed by atoms with E-state index in [0.29, 0.717) is 22.6 Å². The number of aromatic nitrogens is 2. The molecule has 0 fully saturated rings. The lowest BCUT2D eigenvalue weighted by molar-refractivity contribution is 0.1000. The quantitative estimate of drug-likeness (QED) is 0.491. The van der Waals surface area contributed by atoms with Crippen molar-refractivity contribution in [3.63, 3.8) is 0 Å². The summed E-state index contributed by atoms with van der Waals surface area (Å²) in [4.78, 5) is 31.9. The van der Waals surface area contributed by atoms with Crippen LogP contribution in [0.15, 0.2) is 36.4 Å². The molecule has 0 saturated heterocycles. The van der Waals surface area contributed by atoms with Gasteiger partial charge in [-0.1, -0.05) is 18.9 Å². The van der Waals surface area contributed by atoms with Crippen LogP contribution in [0.3, 0.4) is 0 Å². The van der Waals surface area contributed by atoms with E-state index in [1.54, 1.807) is 18.2 Å². The molecular weight excluding hydrogens is 378 g/mol. The van der Waals surface area contributed by atoms with E-state index in [0.717, 1.165) is 15.6 Å². The van der Waals surface area contributed by atoms with Crippen LogP contribution in [-0.4, -0.2) is 28.0 Å². The van der Waals surface area contributed by atoms with Crippen LogP contribution in [0.2, 0.25) is 0 Å². The Labute approximate surface area is 167 Å². The number of carbonyl (C=O) groups is 2. The van der Waals surface area contributed by atoms with Crippen LogP contribution >= 0.6 is 12.8 Å². The Bertz CT molecular complexity index is 1050. The van der Waals surface area contributed by atoms with Crippen molar-refractivity contribution in [2.45, 2.75) is 26.9 Å². The molecule has 146 valence electrons. The van der Waals surface area contributed by atoms with E-state index in [-0.39, 0.29) is 11.7 Å². The van der Waals surface area contributed by atoms with Gasteiger partial charge >= 0.3 is 6.03 Å². The van der Waals surface area contributed by atoms with Gasteiger partial charge in [-0.25, -0.2) is 14.1 Å². The number of nitrogens with one attached hydrogen (secondary N) is 2. The topological polar surface area (TPSA) is 113 Å². The van der Waals surface area contributed by atoms with E-state index in [2.05, 4.69) is 28.1 Å². The Balaban J connectivity index is 1.93. The summed E-state index contributed by atoms with van der Waals surface area (Å²) in [6.07, 6.45) is -0.135. The smallest absolute Gasteiger partial charge is 0.336 e. The van der Waals surface area contributed by atoms with Gasteiger partial charge in [-0.3, -0.25) is 4.79 Å². The van der Waals surface area contributed by atoms with Crippen molar-refractivity contribution in [2.24, 2.45) is 5.73 Å². The van der Waals surface area contributed by atoms with Crippen molar-refractivity contribution >= 4 is 47.2 Å². The normalized spacial score (nSPS) is 10.9. The molecule has 1 heterocycles. The van der Waals surface area contributed by atoms with E-state index in [4.69, 9.17) is 10.5 Å². The van der Waals surface area contributed by atoms with Gasteiger partial charge in [0.05, 0.1) is 23.0 Å². The van der Waals surface area contributed by atoms with Crippen molar-refractivity contribution < 1.29 is 14.3 Å². The maximum atomic E-state index is 12.8. The van der Waals surface area contributed by atoms with Crippen molar-refractivity contribution in [1.29, 1.82) is 0 Å². The first-order valence-corrected chi connectivity index (χ1v) is 9.02. The lowest BCUT2D eigenvalue weighted by Gasteiger charge is -2.21. The lowest BCUT2D eigenvalue weighted by atomic mass is 10.1. The zero-order chi connectivity index (χ0) is 20.4. The zero-order valence-corrected chi connectivity index (χ0v) is 16.6. The number of aromatic amines is 1. The summed E-state index contributed by atoms with van der Waals surface area (Å²) < 4.78 is 6.81. The third-order valence-corrected chi connectivity index (χ3v) is 4.30. The van der Waals surface area contributed by atoms with Gasteiger partial charge in [0.2, 0.25) is 5.91 Å². The van der Waals surface area contributed by atoms with Gasteiger partial charge < -0.3 is 20.8 Å². The molecule has 0 aliphatic heterocycles. The number of H-pyrrole nitrogens is 1. The van der Waals surface area contributed by atoms with Crippen LogP contribution in [0.4, 0.5) is 16.2 Å². The molecule has 3 aromatic rings. The van der Waals surface area contributed by atoms with Crippen molar-refractivity contribution in [2.75, 3.05) is 9.62 Å². The number of amides is 3.